The molecular weight excluding hydrogens is 183 g/mol. The molecule has 0 aliphatic heterocycles. The third kappa shape index (κ3) is 11.9. The molecule has 70 valence electrons. The average Bonchev–Trinajstić information content (AvgIpc) is 1.97. The predicted molar refractivity (Wildman–Crippen MR) is 40.1 cm³/mol. The Hall–Kier alpha value is -0.0600. The molecule has 0 saturated carbocycles. The molecule has 0 aliphatic carbocycles. The van der Waals surface area contributed by atoms with Gasteiger partial charge in [-0.25, -0.2) is 0 Å². The SMILES string of the molecule is CCCCCOC(=O)CC(=O)[O-].[Na+]. The average molecular weight is 196 g/mol. The molecule has 0 heterocycles. The minimum atomic E-state index is -1.39. The number of rotatable bonds is 6. The van der Waals surface area contributed by atoms with E-state index >= 15 is 0 Å². The van der Waals surface area contributed by atoms with Crippen LogP contribution in [0.25, 0.3) is 0 Å². The topological polar surface area (TPSA) is 66.4 Å². The number of carbonyl (C=O) groups is 2. The number of hydrogen-bond donors (Lipinski definition) is 0. The Labute approximate surface area is 99.9 Å². The predicted octanol–water partition coefficient (Wildman–Crippen LogP) is -3.14. The second-order valence-corrected chi connectivity index (χ2v) is 2.48. The van der Waals surface area contributed by atoms with Crippen LogP contribution in [-0.4, -0.2) is 18.5 Å². The molecule has 0 rings (SSSR count). The summed E-state index contributed by atoms with van der Waals surface area (Å²) in [6.45, 7) is 2.34. The number of carbonyl (C=O) groups excluding carboxylic acids is 2. The van der Waals surface area contributed by atoms with Gasteiger partial charge in [-0.15, -0.1) is 0 Å². The number of ether oxygens (including phenoxy) is 1. The number of esters is 1. The van der Waals surface area contributed by atoms with Gasteiger partial charge in [0.15, 0.2) is 0 Å². The van der Waals surface area contributed by atoms with Crippen LogP contribution in [0.2, 0.25) is 0 Å². The number of unbranched alkanes of at least 4 members (excludes halogenated alkanes) is 2. The van der Waals surface area contributed by atoms with Gasteiger partial charge in [-0.05, 0) is 6.42 Å². The first-order chi connectivity index (χ1) is 5.66. The Morgan fingerprint density at radius 2 is 1.92 bits per heavy atom. The number of hydrogen-bond acceptors (Lipinski definition) is 4. The molecule has 0 aromatic rings. The Balaban J connectivity index is 0. The molecule has 0 unspecified atom stereocenters. The van der Waals surface area contributed by atoms with Crippen molar-refractivity contribution >= 4 is 11.9 Å². The summed E-state index contributed by atoms with van der Waals surface area (Å²) >= 11 is 0. The number of carboxylic acid groups (broad SMARTS) is 1. The van der Waals surface area contributed by atoms with Gasteiger partial charge in [0.05, 0.1) is 19.0 Å². The molecule has 0 aromatic heterocycles. The van der Waals surface area contributed by atoms with E-state index in [1.807, 2.05) is 6.92 Å². The molecule has 0 N–H and O–H groups in total. The van der Waals surface area contributed by atoms with Crippen molar-refractivity contribution in [1.29, 1.82) is 0 Å². The summed E-state index contributed by atoms with van der Waals surface area (Å²) in [6, 6.07) is 0. The van der Waals surface area contributed by atoms with E-state index in [1.165, 1.54) is 0 Å². The van der Waals surface area contributed by atoms with Crippen LogP contribution < -0.4 is 34.7 Å². The summed E-state index contributed by atoms with van der Waals surface area (Å²) in [5, 5.41) is 9.89. The van der Waals surface area contributed by atoms with Crippen LogP contribution in [0.15, 0.2) is 0 Å². The van der Waals surface area contributed by atoms with Crippen LogP contribution in [0.3, 0.4) is 0 Å². The van der Waals surface area contributed by atoms with Crippen LogP contribution in [0, 0.1) is 0 Å². The van der Waals surface area contributed by atoms with Gasteiger partial charge in [-0.2, -0.15) is 0 Å². The molecule has 0 spiro atoms. The van der Waals surface area contributed by atoms with Crippen molar-refractivity contribution in [3.05, 3.63) is 0 Å². The first-order valence-electron chi connectivity index (χ1n) is 4.02. The minimum absolute atomic E-state index is 0. The summed E-state index contributed by atoms with van der Waals surface area (Å²) in [4.78, 5) is 20.5. The van der Waals surface area contributed by atoms with Crippen molar-refractivity contribution < 1.29 is 49.0 Å². The van der Waals surface area contributed by atoms with Crippen molar-refractivity contribution in [1.82, 2.24) is 0 Å². The molecule has 0 amide bonds. The second-order valence-electron chi connectivity index (χ2n) is 2.48. The Bertz CT molecular complexity index is 158. The van der Waals surface area contributed by atoms with Gasteiger partial charge in [-0.1, -0.05) is 19.8 Å². The van der Waals surface area contributed by atoms with Crippen LogP contribution in [0.5, 0.6) is 0 Å². The van der Waals surface area contributed by atoms with E-state index in [2.05, 4.69) is 4.74 Å². The summed E-state index contributed by atoms with van der Waals surface area (Å²) in [7, 11) is 0. The monoisotopic (exact) mass is 196 g/mol. The second kappa shape index (κ2) is 10.0. The first-order valence-corrected chi connectivity index (χ1v) is 4.02. The van der Waals surface area contributed by atoms with Crippen molar-refractivity contribution in [2.75, 3.05) is 6.61 Å². The quantitative estimate of drug-likeness (QED) is 0.195. The molecule has 0 saturated heterocycles. The fourth-order valence-corrected chi connectivity index (χ4v) is 0.707. The molecule has 13 heavy (non-hydrogen) atoms. The van der Waals surface area contributed by atoms with Crippen LogP contribution >= 0.6 is 0 Å². The largest absolute Gasteiger partial charge is 1.00 e. The van der Waals surface area contributed by atoms with E-state index in [0.717, 1.165) is 19.3 Å². The first kappa shape index (κ1) is 15.4. The fourth-order valence-electron chi connectivity index (χ4n) is 0.707. The summed E-state index contributed by atoms with van der Waals surface area (Å²) in [5.41, 5.74) is 0. The molecule has 0 atom stereocenters. The zero-order chi connectivity index (χ0) is 9.40. The van der Waals surface area contributed by atoms with E-state index in [1.54, 1.807) is 0 Å². The van der Waals surface area contributed by atoms with E-state index in [4.69, 9.17) is 0 Å². The standard InChI is InChI=1S/C8H14O4.Na/c1-2-3-4-5-12-8(11)6-7(9)10;/h2-6H2,1H3,(H,9,10);/q;+1/p-1. The van der Waals surface area contributed by atoms with Crippen LogP contribution in [-0.2, 0) is 14.3 Å². The maximum atomic E-state index is 10.6. The minimum Gasteiger partial charge on any atom is -0.550 e. The maximum absolute atomic E-state index is 10.6. The smallest absolute Gasteiger partial charge is 0.550 e. The normalized spacial score (nSPS) is 8.69. The van der Waals surface area contributed by atoms with E-state index < -0.39 is 18.4 Å². The van der Waals surface area contributed by atoms with Gasteiger partial charge in [0, 0.05) is 0 Å². The molecular formula is C8H13NaO4. The summed E-state index contributed by atoms with van der Waals surface area (Å²) < 4.78 is 4.60. The van der Waals surface area contributed by atoms with Gasteiger partial charge < -0.3 is 14.6 Å². The molecule has 0 aliphatic rings. The molecule has 0 radical (unpaired) electrons. The molecule has 0 aromatic carbocycles. The number of carboxylic acids is 1. The van der Waals surface area contributed by atoms with Gasteiger partial charge in [0.25, 0.3) is 0 Å². The maximum Gasteiger partial charge on any atom is 1.00 e. The zero-order valence-electron chi connectivity index (χ0n) is 8.17. The Morgan fingerprint density at radius 3 is 2.38 bits per heavy atom. The molecule has 4 nitrogen and oxygen atoms in total. The van der Waals surface area contributed by atoms with E-state index in [0.29, 0.717) is 6.61 Å². The van der Waals surface area contributed by atoms with Gasteiger partial charge in [-0.3, -0.25) is 4.79 Å². The Morgan fingerprint density at radius 1 is 1.31 bits per heavy atom. The fraction of sp³-hybridized carbons (Fsp3) is 0.750. The number of aliphatic carboxylic acids is 1. The van der Waals surface area contributed by atoms with Gasteiger partial charge in [0.1, 0.15) is 0 Å². The van der Waals surface area contributed by atoms with E-state index in [9.17, 15) is 14.7 Å². The third-order valence-corrected chi connectivity index (χ3v) is 1.30. The van der Waals surface area contributed by atoms with Crippen molar-refractivity contribution in [2.24, 2.45) is 0 Å². The summed E-state index contributed by atoms with van der Waals surface area (Å²) in [5.74, 6) is -2.11. The van der Waals surface area contributed by atoms with Crippen molar-refractivity contribution in [3.63, 3.8) is 0 Å². The summed E-state index contributed by atoms with van der Waals surface area (Å²) in [6.07, 6.45) is 2.16. The third-order valence-electron chi connectivity index (χ3n) is 1.30. The van der Waals surface area contributed by atoms with Gasteiger partial charge >= 0.3 is 35.5 Å². The van der Waals surface area contributed by atoms with Crippen molar-refractivity contribution in [3.8, 4) is 0 Å². The van der Waals surface area contributed by atoms with Crippen LogP contribution in [0.1, 0.15) is 32.6 Å². The Kier molecular flexibility index (Phi) is 11.9. The van der Waals surface area contributed by atoms with Crippen molar-refractivity contribution in [2.45, 2.75) is 32.6 Å². The molecule has 5 heteroatoms. The zero-order valence-corrected chi connectivity index (χ0v) is 10.2. The van der Waals surface area contributed by atoms with Gasteiger partial charge in [0.2, 0.25) is 0 Å². The van der Waals surface area contributed by atoms with E-state index in [-0.39, 0.29) is 29.6 Å². The molecule has 0 fully saturated rings. The molecule has 0 bridgehead atoms. The van der Waals surface area contributed by atoms with Crippen LogP contribution in [0.4, 0.5) is 0 Å².